The second-order valence-electron chi connectivity index (χ2n) is 4.37. The van der Waals surface area contributed by atoms with Gasteiger partial charge in [-0.3, -0.25) is 13.9 Å². The van der Waals surface area contributed by atoms with Crippen LogP contribution in [0.2, 0.25) is 0 Å². The van der Waals surface area contributed by atoms with Gasteiger partial charge < -0.3 is 9.47 Å². The summed E-state index contributed by atoms with van der Waals surface area (Å²) in [7, 11) is 1.64. The maximum atomic E-state index is 12.1. The van der Waals surface area contributed by atoms with E-state index >= 15 is 0 Å². The minimum atomic E-state index is -0.266. The van der Waals surface area contributed by atoms with E-state index in [4.69, 9.17) is 9.47 Å². The largest absolute Gasteiger partial charge is 0.385 e. The Kier molecular flexibility index (Phi) is 8.08. The van der Waals surface area contributed by atoms with Crippen LogP contribution in [0.4, 0.5) is 0 Å². The molecule has 0 saturated heterocycles. The number of aromatic nitrogens is 2. The molecule has 0 bridgehead atoms. The smallest absolute Gasteiger partial charge is 0.331 e. The third kappa shape index (κ3) is 5.02. The highest BCUT2D eigenvalue weighted by Gasteiger charge is 2.09. The van der Waals surface area contributed by atoms with Crippen LogP contribution in [0.3, 0.4) is 0 Å². The average Bonchev–Trinajstić information content (AvgIpc) is 2.43. The van der Waals surface area contributed by atoms with Crippen molar-refractivity contribution >= 4 is 22.6 Å². The van der Waals surface area contributed by atoms with E-state index in [-0.39, 0.29) is 17.8 Å². The van der Waals surface area contributed by atoms with Gasteiger partial charge in [-0.25, -0.2) is 4.79 Å². The second-order valence-corrected chi connectivity index (χ2v) is 5.53. The minimum absolute atomic E-state index is 0.247. The second kappa shape index (κ2) is 9.30. The average molecular weight is 396 g/mol. The number of rotatable bonds is 9. The lowest BCUT2D eigenvalue weighted by molar-refractivity contribution is 0.0963. The van der Waals surface area contributed by atoms with Crippen LogP contribution in [-0.2, 0) is 22.6 Å². The number of hydrogen-bond donors (Lipinski definition) is 0. The molecule has 0 aliphatic rings. The molecule has 1 aromatic heterocycles. The van der Waals surface area contributed by atoms with Gasteiger partial charge in [-0.2, -0.15) is 0 Å². The molecular weight excluding hydrogens is 375 g/mol. The Morgan fingerprint density at radius 1 is 1.20 bits per heavy atom. The molecule has 1 rings (SSSR count). The van der Waals surface area contributed by atoms with Crippen LogP contribution >= 0.6 is 22.6 Å². The van der Waals surface area contributed by atoms with E-state index in [9.17, 15) is 9.59 Å². The molecule has 0 saturated carbocycles. The Labute approximate surface area is 131 Å². The molecule has 6 nitrogen and oxygen atoms in total. The molecule has 0 spiro atoms. The van der Waals surface area contributed by atoms with E-state index in [0.29, 0.717) is 29.9 Å². The number of nitrogens with zero attached hydrogens (tertiary/aromatic N) is 2. The molecule has 114 valence electrons. The van der Waals surface area contributed by atoms with Crippen LogP contribution < -0.4 is 11.2 Å². The van der Waals surface area contributed by atoms with E-state index in [1.165, 1.54) is 4.57 Å². The van der Waals surface area contributed by atoms with Crippen molar-refractivity contribution in [3.63, 3.8) is 0 Å². The Hall–Kier alpha value is -0.670. The molecule has 0 aliphatic heterocycles. The molecule has 0 unspecified atom stereocenters. The molecule has 0 amide bonds. The summed E-state index contributed by atoms with van der Waals surface area (Å²) in [6.07, 6.45) is 3.27. The zero-order chi connectivity index (χ0) is 15.0. The van der Waals surface area contributed by atoms with E-state index in [1.807, 2.05) is 29.5 Å². The lowest BCUT2D eigenvalue weighted by Gasteiger charge is -2.10. The number of aryl methyl sites for hydroxylation is 1. The normalized spacial score (nSPS) is 10.9. The van der Waals surface area contributed by atoms with Crippen molar-refractivity contribution in [1.82, 2.24) is 9.13 Å². The first kappa shape index (κ1) is 17.4. The summed E-state index contributed by atoms with van der Waals surface area (Å²) < 4.78 is 13.7. The van der Waals surface area contributed by atoms with E-state index in [0.717, 1.165) is 12.8 Å². The van der Waals surface area contributed by atoms with Gasteiger partial charge in [0.25, 0.3) is 5.56 Å². The summed E-state index contributed by atoms with van der Waals surface area (Å²) >= 11 is 1.96. The number of ether oxygens (including phenoxy) is 2. The van der Waals surface area contributed by atoms with Gasteiger partial charge in [-0.1, -0.05) is 6.92 Å². The first-order valence-electron chi connectivity index (χ1n) is 6.68. The van der Waals surface area contributed by atoms with Gasteiger partial charge in [0, 0.05) is 33.1 Å². The van der Waals surface area contributed by atoms with Crippen molar-refractivity contribution in [2.75, 3.05) is 26.9 Å². The Balaban J connectivity index is 2.69. The summed E-state index contributed by atoms with van der Waals surface area (Å²) in [6, 6.07) is 0. The number of methoxy groups -OCH3 is 1. The predicted octanol–water partition coefficient (Wildman–Crippen LogP) is 1.08. The summed E-state index contributed by atoms with van der Waals surface area (Å²) in [5, 5.41) is 0. The molecule has 1 heterocycles. The van der Waals surface area contributed by atoms with Gasteiger partial charge >= 0.3 is 5.69 Å². The van der Waals surface area contributed by atoms with Crippen LogP contribution in [0, 0.1) is 3.57 Å². The maximum Gasteiger partial charge on any atom is 0.331 e. The summed E-state index contributed by atoms with van der Waals surface area (Å²) in [5.74, 6) is 0. The number of hydrogen-bond acceptors (Lipinski definition) is 4. The summed E-state index contributed by atoms with van der Waals surface area (Å²) in [5.41, 5.74) is -0.513. The Morgan fingerprint density at radius 2 is 1.95 bits per heavy atom. The quantitative estimate of drug-likeness (QED) is 0.463. The molecule has 0 radical (unpaired) electrons. The number of halogens is 1. The lowest BCUT2D eigenvalue weighted by atomic mass is 10.4. The zero-order valence-electron chi connectivity index (χ0n) is 11.9. The molecule has 0 fully saturated rings. The van der Waals surface area contributed by atoms with Gasteiger partial charge in [-0.05, 0) is 35.4 Å². The fourth-order valence-corrected chi connectivity index (χ4v) is 2.41. The standard InChI is InChI=1S/C13H21IN2O4/c1-3-5-15-10-11(14)12(17)16(13(15)18)6-9-20-8-4-7-19-2/h10H,3-9H2,1-2H3. The Bertz CT molecular complexity index is 524. The predicted molar refractivity (Wildman–Crippen MR) is 85.3 cm³/mol. The highest BCUT2D eigenvalue weighted by molar-refractivity contribution is 14.1. The Morgan fingerprint density at radius 3 is 2.60 bits per heavy atom. The third-order valence-electron chi connectivity index (χ3n) is 2.76. The van der Waals surface area contributed by atoms with E-state index < -0.39 is 0 Å². The van der Waals surface area contributed by atoms with E-state index in [1.54, 1.807) is 17.9 Å². The fraction of sp³-hybridized carbons (Fsp3) is 0.692. The lowest BCUT2D eigenvalue weighted by Crippen LogP contribution is -2.41. The van der Waals surface area contributed by atoms with Crippen molar-refractivity contribution in [2.24, 2.45) is 0 Å². The molecule has 0 N–H and O–H groups in total. The molecule has 0 aliphatic carbocycles. The summed E-state index contributed by atoms with van der Waals surface area (Å²) in [6.45, 7) is 4.45. The first-order valence-corrected chi connectivity index (χ1v) is 7.76. The van der Waals surface area contributed by atoms with Crippen molar-refractivity contribution in [3.8, 4) is 0 Å². The SMILES string of the molecule is CCCn1cc(I)c(=O)n(CCOCCCOC)c1=O. The van der Waals surface area contributed by atoms with Gasteiger partial charge in [0.2, 0.25) is 0 Å². The van der Waals surface area contributed by atoms with Crippen LogP contribution in [0.5, 0.6) is 0 Å². The molecule has 0 aromatic carbocycles. The molecule has 0 atom stereocenters. The molecule has 7 heteroatoms. The highest BCUT2D eigenvalue weighted by Crippen LogP contribution is 1.96. The van der Waals surface area contributed by atoms with Crippen molar-refractivity contribution in [2.45, 2.75) is 32.9 Å². The fourth-order valence-electron chi connectivity index (χ4n) is 1.78. The van der Waals surface area contributed by atoms with Crippen molar-refractivity contribution in [1.29, 1.82) is 0 Å². The van der Waals surface area contributed by atoms with Crippen molar-refractivity contribution < 1.29 is 9.47 Å². The topological polar surface area (TPSA) is 62.5 Å². The molecular formula is C13H21IN2O4. The molecule has 20 heavy (non-hydrogen) atoms. The van der Waals surface area contributed by atoms with Crippen LogP contribution in [-0.4, -0.2) is 36.1 Å². The van der Waals surface area contributed by atoms with Gasteiger partial charge in [0.05, 0.1) is 16.7 Å². The van der Waals surface area contributed by atoms with Crippen molar-refractivity contribution in [3.05, 3.63) is 30.6 Å². The summed E-state index contributed by atoms with van der Waals surface area (Å²) in [4.78, 5) is 24.1. The van der Waals surface area contributed by atoms with Crippen LogP contribution in [0.1, 0.15) is 19.8 Å². The molecule has 1 aromatic rings. The van der Waals surface area contributed by atoms with Crippen LogP contribution in [0.15, 0.2) is 15.8 Å². The maximum absolute atomic E-state index is 12.1. The van der Waals surface area contributed by atoms with Gasteiger partial charge in [0.1, 0.15) is 0 Å². The van der Waals surface area contributed by atoms with Crippen LogP contribution in [0.25, 0.3) is 0 Å². The zero-order valence-corrected chi connectivity index (χ0v) is 14.1. The minimum Gasteiger partial charge on any atom is -0.385 e. The highest BCUT2D eigenvalue weighted by atomic mass is 127. The van der Waals surface area contributed by atoms with E-state index in [2.05, 4.69) is 0 Å². The van der Waals surface area contributed by atoms with Gasteiger partial charge in [-0.15, -0.1) is 0 Å². The first-order chi connectivity index (χ1) is 9.61. The third-order valence-corrected chi connectivity index (χ3v) is 3.50. The monoisotopic (exact) mass is 396 g/mol. The van der Waals surface area contributed by atoms with Gasteiger partial charge in [0.15, 0.2) is 0 Å².